The molecule has 0 unspecified atom stereocenters. The molecule has 9 nitrogen and oxygen atoms in total. The van der Waals surface area contributed by atoms with Gasteiger partial charge in [-0.05, 0) is 98.1 Å². The lowest BCUT2D eigenvalue weighted by Gasteiger charge is -2.15. The van der Waals surface area contributed by atoms with Crippen LogP contribution in [0.25, 0.3) is 0 Å². The van der Waals surface area contributed by atoms with Gasteiger partial charge in [-0.3, -0.25) is 9.52 Å². The number of sulfone groups is 1. The van der Waals surface area contributed by atoms with Crippen LogP contribution in [-0.4, -0.2) is 42.2 Å². The third-order valence-electron chi connectivity index (χ3n) is 5.91. The highest BCUT2D eigenvalue weighted by Gasteiger charge is 2.23. The number of rotatable bonds is 12. The van der Waals surface area contributed by atoms with Gasteiger partial charge in [-0.15, -0.1) is 11.8 Å². The van der Waals surface area contributed by atoms with Gasteiger partial charge in [-0.25, -0.2) is 16.8 Å². The van der Waals surface area contributed by atoms with Crippen LogP contribution in [0.4, 0.5) is 17.1 Å². The predicted molar refractivity (Wildman–Crippen MR) is 170 cm³/mol. The van der Waals surface area contributed by atoms with E-state index in [2.05, 4.69) is 31.3 Å². The molecule has 0 bridgehead atoms. The van der Waals surface area contributed by atoms with Crippen molar-refractivity contribution >= 4 is 70.5 Å². The second-order valence-corrected chi connectivity index (χ2v) is 14.2. The van der Waals surface area contributed by atoms with Crippen LogP contribution >= 0.6 is 27.7 Å². The van der Waals surface area contributed by atoms with E-state index in [4.69, 9.17) is 4.74 Å². The van der Waals surface area contributed by atoms with Crippen molar-refractivity contribution in [3.63, 3.8) is 0 Å². The number of nitrogens with one attached hydrogen (secondary N) is 3. The molecule has 13 heteroatoms. The van der Waals surface area contributed by atoms with E-state index in [9.17, 15) is 21.6 Å². The van der Waals surface area contributed by atoms with Crippen LogP contribution < -0.4 is 20.1 Å². The summed E-state index contributed by atoms with van der Waals surface area (Å²) in [5.74, 6) is -0.0726. The molecule has 0 aromatic heterocycles. The smallest absolute Gasteiger partial charge is 0.261 e. The van der Waals surface area contributed by atoms with Crippen molar-refractivity contribution in [2.45, 2.75) is 26.5 Å². The predicted octanol–water partition coefficient (Wildman–Crippen LogP) is 6.25. The third kappa shape index (κ3) is 7.85. The zero-order valence-corrected chi connectivity index (χ0v) is 26.7. The van der Waals surface area contributed by atoms with Crippen LogP contribution in [0, 0.1) is 0 Å². The Morgan fingerprint density at radius 1 is 0.833 bits per heavy atom. The topological polar surface area (TPSA) is 131 Å². The molecule has 0 saturated carbocycles. The monoisotopic (exact) mass is 689 g/mol. The Balaban J connectivity index is 1.46. The van der Waals surface area contributed by atoms with E-state index in [1.165, 1.54) is 42.1 Å². The molecule has 1 amide bonds. The summed E-state index contributed by atoms with van der Waals surface area (Å²) in [7, 11) is -7.76. The Morgan fingerprint density at radius 2 is 1.45 bits per heavy atom. The van der Waals surface area contributed by atoms with Crippen molar-refractivity contribution in [3.8, 4) is 5.75 Å². The molecule has 4 rings (SSSR count). The van der Waals surface area contributed by atoms with Gasteiger partial charge < -0.3 is 15.4 Å². The van der Waals surface area contributed by atoms with E-state index >= 15 is 0 Å². The molecule has 4 aromatic rings. The van der Waals surface area contributed by atoms with Crippen molar-refractivity contribution in [2.24, 2.45) is 0 Å². The zero-order chi connectivity index (χ0) is 30.3. The van der Waals surface area contributed by atoms with Crippen LogP contribution in [0.15, 0.2) is 115 Å². The molecule has 4 aromatic carbocycles. The quantitative estimate of drug-likeness (QED) is 0.149. The standard InChI is InChI=1S/C29H28BrN3O6S3/c1-3-39-23-10-17-27(28(18-23)41(35,36)25-15-11-24(40-2)12-16-25)31-19-29(34)32-21-8-13-26(14-9-21)42(37,38)33-22-6-4-20(30)5-7-22/h4-18,31,33H,3,19H2,1-2H3,(H,32,34). The van der Waals surface area contributed by atoms with E-state index in [0.717, 1.165) is 9.37 Å². The number of hydrogen-bond acceptors (Lipinski definition) is 8. The minimum absolute atomic E-state index is 0.0222. The molecule has 42 heavy (non-hydrogen) atoms. The molecule has 0 spiro atoms. The number of anilines is 3. The lowest BCUT2D eigenvalue weighted by atomic mass is 10.3. The van der Waals surface area contributed by atoms with Crippen molar-refractivity contribution in [1.29, 1.82) is 0 Å². The number of halogens is 1. The van der Waals surface area contributed by atoms with Crippen molar-refractivity contribution in [3.05, 3.63) is 95.5 Å². The average molecular weight is 691 g/mol. The van der Waals surface area contributed by atoms with Crippen LogP contribution in [0.2, 0.25) is 0 Å². The fourth-order valence-electron chi connectivity index (χ4n) is 3.84. The Bertz CT molecular complexity index is 1760. The van der Waals surface area contributed by atoms with E-state index < -0.39 is 25.8 Å². The first-order valence-corrected chi connectivity index (χ1v) is 17.6. The van der Waals surface area contributed by atoms with Gasteiger partial charge in [0, 0.05) is 26.8 Å². The van der Waals surface area contributed by atoms with Gasteiger partial charge in [0.1, 0.15) is 5.75 Å². The molecule has 0 atom stereocenters. The van der Waals surface area contributed by atoms with Gasteiger partial charge in [0.15, 0.2) is 0 Å². The number of thioether (sulfide) groups is 1. The van der Waals surface area contributed by atoms with Gasteiger partial charge in [-0.2, -0.15) is 0 Å². The maximum atomic E-state index is 13.5. The van der Waals surface area contributed by atoms with Gasteiger partial charge in [0.05, 0.1) is 33.5 Å². The number of benzene rings is 4. The zero-order valence-electron chi connectivity index (χ0n) is 22.6. The molecule has 220 valence electrons. The Labute approximate surface area is 258 Å². The summed E-state index contributed by atoms with van der Waals surface area (Å²) in [5, 5.41) is 5.59. The first kappa shape index (κ1) is 31.4. The summed E-state index contributed by atoms with van der Waals surface area (Å²) >= 11 is 4.81. The fraction of sp³-hybridized carbons (Fsp3) is 0.138. The van der Waals surface area contributed by atoms with Gasteiger partial charge in [-0.1, -0.05) is 15.9 Å². The summed E-state index contributed by atoms with van der Waals surface area (Å²) in [4.78, 5) is 13.8. The van der Waals surface area contributed by atoms with Crippen LogP contribution in [0.3, 0.4) is 0 Å². The SMILES string of the molecule is CCOc1ccc(NCC(=O)Nc2ccc(S(=O)(=O)Nc3ccc(Br)cc3)cc2)c(S(=O)(=O)c2ccc(SC)cc2)c1. The van der Waals surface area contributed by atoms with E-state index in [-0.39, 0.29) is 26.9 Å². The Morgan fingerprint density at radius 3 is 2.07 bits per heavy atom. The largest absolute Gasteiger partial charge is 0.494 e. The molecule has 0 radical (unpaired) electrons. The maximum Gasteiger partial charge on any atom is 0.261 e. The molecule has 3 N–H and O–H groups in total. The van der Waals surface area contributed by atoms with E-state index in [1.54, 1.807) is 67.6 Å². The second-order valence-electron chi connectivity index (χ2n) is 8.81. The van der Waals surface area contributed by atoms with Crippen LogP contribution in [0.5, 0.6) is 5.75 Å². The first-order chi connectivity index (χ1) is 20.0. The lowest BCUT2D eigenvalue weighted by Crippen LogP contribution is -2.22. The fourth-order valence-corrected chi connectivity index (χ4v) is 7.02. The molecule has 0 fully saturated rings. The molecule has 0 aliphatic heterocycles. The number of ether oxygens (including phenoxy) is 1. The highest BCUT2D eigenvalue weighted by Crippen LogP contribution is 2.32. The highest BCUT2D eigenvalue weighted by atomic mass is 79.9. The van der Waals surface area contributed by atoms with Gasteiger partial charge in [0.25, 0.3) is 10.0 Å². The Kier molecular flexibility index (Phi) is 10.2. The minimum Gasteiger partial charge on any atom is -0.494 e. The van der Waals surface area contributed by atoms with E-state index in [1.807, 2.05) is 6.26 Å². The number of carbonyl (C=O) groups is 1. The minimum atomic E-state index is -3.93. The summed E-state index contributed by atoms with van der Waals surface area (Å²) in [6.45, 7) is 1.91. The normalized spacial score (nSPS) is 11.5. The van der Waals surface area contributed by atoms with Gasteiger partial charge >= 0.3 is 0 Å². The average Bonchev–Trinajstić information content (AvgIpc) is 2.98. The molecule has 0 saturated heterocycles. The molecular formula is C29H28BrN3O6S3. The second kappa shape index (κ2) is 13.6. The summed E-state index contributed by atoms with van der Waals surface area (Å²) < 4.78 is 61.3. The molecular weight excluding hydrogens is 662 g/mol. The summed E-state index contributed by atoms with van der Waals surface area (Å²) in [5.41, 5.74) is 1.02. The maximum absolute atomic E-state index is 13.5. The van der Waals surface area contributed by atoms with Gasteiger partial charge in [0.2, 0.25) is 15.7 Å². The lowest BCUT2D eigenvalue weighted by molar-refractivity contribution is -0.114. The third-order valence-corrected chi connectivity index (χ3v) is 10.4. The number of sulfonamides is 1. The van der Waals surface area contributed by atoms with Crippen molar-refractivity contribution in [2.75, 3.05) is 34.8 Å². The number of carbonyl (C=O) groups excluding carboxylic acids is 1. The summed E-state index contributed by atoms with van der Waals surface area (Å²) in [6, 6.07) is 23.6. The van der Waals surface area contributed by atoms with Crippen LogP contribution in [0.1, 0.15) is 6.92 Å². The first-order valence-electron chi connectivity index (χ1n) is 12.6. The molecule has 0 aliphatic carbocycles. The van der Waals surface area contributed by atoms with Crippen molar-refractivity contribution in [1.82, 2.24) is 0 Å². The molecule has 0 heterocycles. The summed E-state index contributed by atoms with van der Waals surface area (Å²) in [6.07, 6.45) is 1.90. The highest BCUT2D eigenvalue weighted by molar-refractivity contribution is 9.10. The Hall–Kier alpha value is -3.52. The van der Waals surface area contributed by atoms with Crippen molar-refractivity contribution < 1.29 is 26.4 Å². The van der Waals surface area contributed by atoms with Crippen LogP contribution in [-0.2, 0) is 24.7 Å². The number of hydrogen-bond donors (Lipinski definition) is 3. The molecule has 0 aliphatic rings. The van der Waals surface area contributed by atoms with E-state index in [0.29, 0.717) is 23.7 Å². The number of amides is 1.